The van der Waals surface area contributed by atoms with Gasteiger partial charge in [-0.25, -0.2) is 0 Å². The molecule has 0 unspecified atom stereocenters. The predicted octanol–water partition coefficient (Wildman–Crippen LogP) is 2.76. The van der Waals surface area contributed by atoms with Gasteiger partial charge in [-0.2, -0.15) is 0 Å². The van der Waals surface area contributed by atoms with Crippen LogP contribution in [0, 0.1) is 0 Å². The number of carbonyl (C=O) groups is 1. The lowest BCUT2D eigenvalue weighted by molar-refractivity contribution is -0.118. The van der Waals surface area contributed by atoms with Crippen molar-refractivity contribution >= 4 is 11.6 Å². The van der Waals surface area contributed by atoms with E-state index in [-0.39, 0.29) is 12.5 Å². The molecule has 0 fully saturated rings. The fourth-order valence-electron chi connectivity index (χ4n) is 2.08. The van der Waals surface area contributed by atoms with Crippen LogP contribution in [0.15, 0.2) is 59.3 Å². The number of para-hydroxylation sites is 2. The van der Waals surface area contributed by atoms with E-state index in [1.807, 2.05) is 12.1 Å². The second-order valence-corrected chi connectivity index (χ2v) is 4.81. The lowest BCUT2D eigenvalue weighted by Gasteiger charge is -2.10. The largest absolute Gasteiger partial charge is 0.495 e. The third-order valence-electron chi connectivity index (χ3n) is 3.21. The number of methoxy groups -OCH3 is 1. The Morgan fingerprint density at radius 3 is 2.67 bits per heavy atom. The summed E-state index contributed by atoms with van der Waals surface area (Å²) in [7, 11) is 1.55. The second kappa shape index (κ2) is 7.28. The molecule has 0 aliphatic rings. The van der Waals surface area contributed by atoms with E-state index in [1.165, 1.54) is 6.39 Å². The number of benzene rings is 2. The van der Waals surface area contributed by atoms with Gasteiger partial charge in [0.25, 0.3) is 5.91 Å². The SMILES string of the molecule is COc1ccccc1NC(=O)COc1ccc(-c2nnco2)cc1. The van der Waals surface area contributed by atoms with E-state index in [1.54, 1.807) is 43.5 Å². The Labute approximate surface area is 138 Å². The second-order valence-electron chi connectivity index (χ2n) is 4.81. The van der Waals surface area contributed by atoms with Crippen LogP contribution in [-0.2, 0) is 4.79 Å². The van der Waals surface area contributed by atoms with Crippen molar-refractivity contribution in [2.75, 3.05) is 19.0 Å². The van der Waals surface area contributed by atoms with E-state index in [0.29, 0.717) is 23.1 Å². The van der Waals surface area contributed by atoms with Crippen molar-refractivity contribution < 1.29 is 18.7 Å². The molecule has 1 heterocycles. The van der Waals surface area contributed by atoms with Gasteiger partial charge in [0, 0.05) is 5.56 Å². The van der Waals surface area contributed by atoms with E-state index >= 15 is 0 Å². The van der Waals surface area contributed by atoms with Crippen molar-refractivity contribution in [2.45, 2.75) is 0 Å². The molecular weight excluding hydrogens is 310 g/mol. The van der Waals surface area contributed by atoms with E-state index in [2.05, 4.69) is 15.5 Å². The molecule has 2 aromatic carbocycles. The Morgan fingerprint density at radius 2 is 1.96 bits per heavy atom. The predicted molar refractivity (Wildman–Crippen MR) is 86.9 cm³/mol. The standard InChI is InChI=1S/C17H15N3O4/c1-22-15-5-3-2-4-14(15)19-16(21)10-23-13-8-6-12(7-9-13)17-20-18-11-24-17/h2-9,11H,10H2,1H3,(H,19,21). The average molecular weight is 325 g/mol. The zero-order valence-electron chi connectivity index (χ0n) is 12.9. The number of rotatable bonds is 6. The molecule has 0 aliphatic heterocycles. The van der Waals surface area contributed by atoms with Gasteiger partial charge in [0.05, 0.1) is 12.8 Å². The number of hydrogen-bond donors (Lipinski definition) is 1. The van der Waals surface area contributed by atoms with Crippen LogP contribution in [0.3, 0.4) is 0 Å². The van der Waals surface area contributed by atoms with Crippen LogP contribution in [-0.4, -0.2) is 29.8 Å². The molecule has 0 atom stereocenters. The minimum absolute atomic E-state index is 0.113. The van der Waals surface area contributed by atoms with Crippen molar-refractivity contribution in [3.63, 3.8) is 0 Å². The van der Waals surface area contributed by atoms with Gasteiger partial charge in [0.1, 0.15) is 11.5 Å². The van der Waals surface area contributed by atoms with Crippen LogP contribution < -0.4 is 14.8 Å². The minimum atomic E-state index is -0.277. The molecule has 0 bridgehead atoms. The zero-order valence-corrected chi connectivity index (χ0v) is 12.9. The lowest BCUT2D eigenvalue weighted by Crippen LogP contribution is -2.20. The third-order valence-corrected chi connectivity index (χ3v) is 3.21. The van der Waals surface area contributed by atoms with Gasteiger partial charge in [-0.1, -0.05) is 12.1 Å². The maximum Gasteiger partial charge on any atom is 0.262 e. The summed E-state index contributed by atoms with van der Waals surface area (Å²) in [5.41, 5.74) is 1.37. The maximum absolute atomic E-state index is 12.0. The fourth-order valence-corrected chi connectivity index (χ4v) is 2.08. The van der Waals surface area contributed by atoms with Gasteiger partial charge in [-0.15, -0.1) is 10.2 Å². The molecule has 0 radical (unpaired) electrons. The highest BCUT2D eigenvalue weighted by Gasteiger charge is 2.08. The molecule has 0 aliphatic carbocycles. The molecule has 1 aromatic heterocycles. The summed E-state index contributed by atoms with van der Waals surface area (Å²) in [4.78, 5) is 12.0. The number of ether oxygens (including phenoxy) is 2. The van der Waals surface area contributed by atoms with E-state index in [0.717, 1.165) is 5.56 Å². The molecule has 1 N–H and O–H groups in total. The van der Waals surface area contributed by atoms with Gasteiger partial charge in [0.2, 0.25) is 12.3 Å². The normalized spacial score (nSPS) is 10.2. The maximum atomic E-state index is 12.0. The number of nitrogens with zero attached hydrogens (tertiary/aromatic N) is 2. The first-order valence-electron chi connectivity index (χ1n) is 7.18. The lowest BCUT2D eigenvalue weighted by atomic mass is 10.2. The Morgan fingerprint density at radius 1 is 1.17 bits per heavy atom. The third kappa shape index (κ3) is 3.70. The van der Waals surface area contributed by atoms with Crippen molar-refractivity contribution in [3.8, 4) is 23.0 Å². The van der Waals surface area contributed by atoms with Gasteiger partial charge >= 0.3 is 0 Å². The highest BCUT2D eigenvalue weighted by atomic mass is 16.5. The Kier molecular flexibility index (Phi) is 4.71. The number of hydrogen-bond acceptors (Lipinski definition) is 6. The average Bonchev–Trinajstić information content (AvgIpc) is 3.15. The summed E-state index contributed by atoms with van der Waals surface area (Å²) in [6.45, 7) is -0.113. The number of anilines is 1. The summed E-state index contributed by atoms with van der Waals surface area (Å²) in [5, 5.41) is 10.2. The van der Waals surface area contributed by atoms with E-state index < -0.39 is 0 Å². The van der Waals surface area contributed by atoms with Crippen molar-refractivity contribution in [1.82, 2.24) is 10.2 Å². The highest BCUT2D eigenvalue weighted by Crippen LogP contribution is 2.23. The van der Waals surface area contributed by atoms with Gasteiger partial charge < -0.3 is 19.2 Å². The molecule has 122 valence electrons. The molecule has 3 aromatic rings. The molecule has 24 heavy (non-hydrogen) atoms. The first-order chi connectivity index (χ1) is 11.8. The first-order valence-corrected chi connectivity index (χ1v) is 7.18. The first kappa shape index (κ1) is 15.5. The number of aromatic nitrogens is 2. The monoisotopic (exact) mass is 325 g/mol. The Balaban J connectivity index is 1.56. The summed E-state index contributed by atoms with van der Waals surface area (Å²) in [5.74, 6) is 1.30. The van der Waals surface area contributed by atoms with Crippen LogP contribution in [0.4, 0.5) is 5.69 Å². The number of carbonyl (C=O) groups excluding carboxylic acids is 1. The van der Waals surface area contributed by atoms with Gasteiger partial charge in [0.15, 0.2) is 6.61 Å². The van der Waals surface area contributed by atoms with Crippen molar-refractivity contribution in [2.24, 2.45) is 0 Å². The van der Waals surface area contributed by atoms with Crippen molar-refractivity contribution in [3.05, 3.63) is 54.9 Å². The molecule has 1 amide bonds. The zero-order chi connectivity index (χ0) is 16.8. The van der Waals surface area contributed by atoms with Crippen LogP contribution in [0.1, 0.15) is 0 Å². The molecule has 0 spiro atoms. The topological polar surface area (TPSA) is 86.5 Å². The van der Waals surface area contributed by atoms with Gasteiger partial charge in [-0.3, -0.25) is 4.79 Å². The summed E-state index contributed by atoms with van der Waals surface area (Å²) in [6.07, 6.45) is 1.27. The van der Waals surface area contributed by atoms with E-state index in [9.17, 15) is 4.79 Å². The minimum Gasteiger partial charge on any atom is -0.495 e. The van der Waals surface area contributed by atoms with Crippen LogP contribution in [0.5, 0.6) is 11.5 Å². The molecule has 0 saturated carbocycles. The molecule has 7 nitrogen and oxygen atoms in total. The summed E-state index contributed by atoms with van der Waals surface area (Å²) >= 11 is 0. The van der Waals surface area contributed by atoms with Gasteiger partial charge in [-0.05, 0) is 36.4 Å². The number of amides is 1. The van der Waals surface area contributed by atoms with Crippen LogP contribution in [0.2, 0.25) is 0 Å². The van der Waals surface area contributed by atoms with Crippen molar-refractivity contribution in [1.29, 1.82) is 0 Å². The molecule has 0 saturated heterocycles. The van der Waals surface area contributed by atoms with Crippen LogP contribution >= 0.6 is 0 Å². The Bertz CT molecular complexity index is 801. The summed E-state index contributed by atoms with van der Waals surface area (Å²) in [6, 6.07) is 14.2. The smallest absolute Gasteiger partial charge is 0.262 e. The molecular formula is C17H15N3O4. The quantitative estimate of drug-likeness (QED) is 0.750. The fraction of sp³-hybridized carbons (Fsp3) is 0.118. The summed E-state index contributed by atoms with van der Waals surface area (Å²) < 4.78 is 15.8. The molecule has 3 rings (SSSR count). The highest BCUT2D eigenvalue weighted by molar-refractivity contribution is 5.93. The number of nitrogens with one attached hydrogen (secondary N) is 1. The molecule has 7 heteroatoms. The Hall–Kier alpha value is -3.35. The van der Waals surface area contributed by atoms with Crippen LogP contribution in [0.25, 0.3) is 11.5 Å². The van der Waals surface area contributed by atoms with E-state index in [4.69, 9.17) is 13.9 Å².